The Morgan fingerprint density at radius 2 is 2.00 bits per heavy atom. The molecule has 2 heterocycles. The largest absolute Gasteiger partial charge is 0.482 e. The van der Waals surface area contributed by atoms with Gasteiger partial charge in [-0.25, -0.2) is 0 Å². The number of furan rings is 1. The molecule has 1 amide bonds. The topological polar surface area (TPSA) is 68.5 Å². The first-order valence-corrected chi connectivity index (χ1v) is 9.11. The normalized spacial score (nSPS) is 10.5. The third kappa shape index (κ3) is 4.66. The maximum Gasteiger partial charge on any atom is 0.258 e. The molecule has 134 valence electrons. The maximum atomic E-state index is 12.2. The summed E-state index contributed by atoms with van der Waals surface area (Å²) in [6.07, 6.45) is 1.45. The van der Waals surface area contributed by atoms with Crippen LogP contribution in [0.3, 0.4) is 0 Å². The Bertz CT molecular complexity index is 921. The Labute approximate surface area is 163 Å². The molecule has 1 aromatic carbocycles. The van der Waals surface area contributed by atoms with E-state index in [0.717, 1.165) is 4.88 Å². The molecule has 0 bridgehead atoms. The van der Waals surface area contributed by atoms with Gasteiger partial charge < -0.3 is 14.5 Å². The molecule has 5 nitrogen and oxygen atoms in total. The number of ether oxygens (including phenoxy) is 1. The molecule has 0 saturated carbocycles. The van der Waals surface area contributed by atoms with Gasteiger partial charge in [0.15, 0.2) is 12.4 Å². The number of amides is 1. The number of benzene rings is 1. The lowest BCUT2D eigenvalue weighted by Gasteiger charge is -2.08. The van der Waals surface area contributed by atoms with Crippen LogP contribution in [0, 0.1) is 0 Å². The fraction of sp³-hybridized carbons (Fsp3) is 0.111. The Morgan fingerprint density at radius 1 is 1.15 bits per heavy atom. The predicted molar refractivity (Wildman–Crippen MR) is 100 cm³/mol. The zero-order valence-corrected chi connectivity index (χ0v) is 15.7. The first kappa shape index (κ1) is 18.5. The number of halogens is 2. The lowest BCUT2D eigenvalue weighted by Crippen LogP contribution is -2.28. The van der Waals surface area contributed by atoms with Gasteiger partial charge in [0.25, 0.3) is 5.91 Å². The fourth-order valence-electron chi connectivity index (χ4n) is 2.10. The number of rotatable bonds is 7. The van der Waals surface area contributed by atoms with Crippen molar-refractivity contribution in [3.8, 4) is 5.75 Å². The van der Waals surface area contributed by atoms with E-state index in [0.29, 0.717) is 27.2 Å². The number of ketones is 1. The number of carbonyl (C=O) groups is 2. The van der Waals surface area contributed by atoms with Crippen LogP contribution in [0.5, 0.6) is 5.75 Å². The van der Waals surface area contributed by atoms with E-state index in [-0.39, 0.29) is 24.1 Å². The molecule has 0 atom stereocenters. The van der Waals surface area contributed by atoms with Crippen LogP contribution in [0.2, 0.25) is 10.0 Å². The highest BCUT2D eigenvalue weighted by molar-refractivity contribution is 7.14. The van der Waals surface area contributed by atoms with Gasteiger partial charge in [0, 0.05) is 9.90 Å². The zero-order chi connectivity index (χ0) is 18.5. The second kappa shape index (κ2) is 8.40. The molecule has 8 heteroatoms. The first-order valence-electron chi connectivity index (χ1n) is 7.54. The molecule has 0 fully saturated rings. The van der Waals surface area contributed by atoms with E-state index in [4.69, 9.17) is 32.4 Å². The quantitative estimate of drug-likeness (QED) is 0.580. The molecule has 3 aromatic rings. The molecule has 26 heavy (non-hydrogen) atoms. The molecule has 1 N–H and O–H groups in total. The third-order valence-corrected chi connectivity index (χ3v) is 4.96. The third-order valence-electron chi connectivity index (χ3n) is 3.34. The smallest absolute Gasteiger partial charge is 0.258 e. The van der Waals surface area contributed by atoms with E-state index >= 15 is 0 Å². The van der Waals surface area contributed by atoms with Gasteiger partial charge in [0.2, 0.25) is 5.78 Å². The van der Waals surface area contributed by atoms with Crippen LogP contribution in [0.1, 0.15) is 20.3 Å². The van der Waals surface area contributed by atoms with E-state index in [2.05, 4.69) is 5.32 Å². The molecule has 0 aliphatic heterocycles. The maximum absolute atomic E-state index is 12.2. The standard InChI is InChI=1S/C18H13Cl2NO4S/c19-11-3-5-14(13(20)8-11)25-10-17(22)21-9-12-4-6-16(26-12)18(23)15-2-1-7-24-15/h1-8H,9-10H2,(H,21,22). The predicted octanol–water partition coefficient (Wildman–Crippen LogP) is 4.57. The Balaban J connectivity index is 1.49. The lowest BCUT2D eigenvalue weighted by atomic mass is 10.2. The number of nitrogens with one attached hydrogen (secondary N) is 1. The van der Waals surface area contributed by atoms with E-state index in [9.17, 15) is 9.59 Å². The van der Waals surface area contributed by atoms with Gasteiger partial charge in [0.05, 0.1) is 22.7 Å². The van der Waals surface area contributed by atoms with Gasteiger partial charge in [-0.1, -0.05) is 23.2 Å². The summed E-state index contributed by atoms with van der Waals surface area (Å²) < 4.78 is 10.5. The minimum absolute atomic E-state index is 0.176. The van der Waals surface area contributed by atoms with Crippen LogP contribution in [-0.4, -0.2) is 18.3 Å². The van der Waals surface area contributed by atoms with Crippen LogP contribution in [0.25, 0.3) is 0 Å². The van der Waals surface area contributed by atoms with E-state index < -0.39 is 0 Å². The van der Waals surface area contributed by atoms with Gasteiger partial charge in [-0.2, -0.15) is 0 Å². The number of hydrogen-bond acceptors (Lipinski definition) is 5. The second-order valence-corrected chi connectivity index (χ2v) is 7.22. The minimum Gasteiger partial charge on any atom is -0.482 e. The molecule has 2 aromatic heterocycles. The summed E-state index contributed by atoms with van der Waals surface area (Å²) >= 11 is 13.1. The number of thiophene rings is 1. The monoisotopic (exact) mass is 409 g/mol. The molecule has 0 spiro atoms. The molecule has 0 aliphatic carbocycles. The zero-order valence-electron chi connectivity index (χ0n) is 13.3. The van der Waals surface area contributed by atoms with Crippen LogP contribution in [0.15, 0.2) is 53.1 Å². The minimum atomic E-state index is -0.302. The van der Waals surface area contributed by atoms with Crippen molar-refractivity contribution in [1.29, 1.82) is 0 Å². The molecular weight excluding hydrogens is 397 g/mol. The van der Waals surface area contributed by atoms with Crippen LogP contribution in [0.4, 0.5) is 0 Å². The lowest BCUT2D eigenvalue weighted by molar-refractivity contribution is -0.123. The highest BCUT2D eigenvalue weighted by Crippen LogP contribution is 2.27. The summed E-state index contributed by atoms with van der Waals surface area (Å²) in [4.78, 5) is 25.5. The van der Waals surface area contributed by atoms with Crippen molar-refractivity contribution in [2.45, 2.75) is 6.54 Å². The van der Waals surface area contributed by atoms with E-state index in [1.165, 1.54) is 17.6 Å². The van der Waals surface area contributed by atoms with E-state index in [1.807, 2.05) is 0 Å². The van der Waals surface area contributed by atoms with Crippen LogP contribution >= 0.6 is 34.5 Å². The SMILES string of the molecule is O=C(COc1ccc(Cl)cc1Cl)NCc1ccc(C(=O)c2ccco2)s1. The summed E-state index contributed by atoms with van der Waals surface area (Å²) in [7, 11) is 0. The highest BCUT2D eigenvalue weighted by atomic mass is 35.5. The fourth-order valence-corrected chi connectivity index (χ4v) is 3.45. The molecule has 0 unspecified atom stereocenters. The Morgan fingerprint density at radius 3 is 2.73 bits per heavy atom. The Hall–Kier alpha value is -2.28. The second-order valence-electron chi connectivity index (χ2n) is 5.21. The average Bonchev–Trinajstić information content (AvgIpc) is 3.30. The van der Waals surface area contributed by atoms with Crippen molar-refractivity contribution < 1.29 is 18.7 Å². The summed E-state index contributed by atoms with van der Waals surface area (Å²) in [6, 6.07) is 11.5. The molecule has 0 saturated heterocycles. The van der Waals surface area contributed by atoms with Crippen molar-refractivity contribution in [3.63, 3.8) is 0 Å². The molecular formula is C18H13Cl2NO4S. The number of carbonyl (C=O) groups excluding carboxylic acids is 2. The van der Waals surface area contributed by atoms with Gasteiger partial charge in [-0.15, -0.1) is 11.3 Å². The average molecular weight is 410 g/mol. The molecule has 0 aliphatic rings. The van der Waals surface area contributed by atoms with Crippen LogP contribution < -0.4 is 10.1 Å². The van der Waals surface area contributed by atoms with Gasteiger partial charge in [-0.3, -0.25) is 9.59 Å². The van der Waals surface area contributed by atoms with Crippen molar-refractivity contribution in [1.82, 2.24) is 5.32 Å². The summed E-state index contributed by atoms with van der Waals surface area (Å²) in [5.74, 6) is 0.186. The van der Waals surface area contributed by atoms with Crippen molar-refractivity contribution in [3.05, 3.63) is 74.3 Å². The summed E-state index contributed by atoms with van der Waals surface area (Å²) in [5, 5.41) is 3.56. The van der Waals surface area contributed by atoms with E-state index in [1.54, 1.807) is 42.5 Å². The molecule has 0 radical (unpaired) electrons. The summed E-state index contributed by atoms with van der Waals surface area (Å²) in [5.41, 5.74) is 0. The van der Waals surface area contributed by atoms with Gasteiger partial charge in [0.1, 0.15) is 5.75 Å². The van der Waals surface area contributed by atoms with Crippen molar-refractivity contribution in [2.75, 3.05) is 6.61 Å². The Kier molecular flexibility index (Phi) is 5.98. The van der Waals surface area contributed by atoms with Crippen molar-refractivity contribution >= 4 is 46.2 Å². The van der Waals surface area contributed by atoms with Gasteiger partial charge in [-0.05, 0) is 42.5 Å². The summed E-state index contributed by atoms with van der Waals surface area (Å²) in [6.45, 7) is 0.123. The number of hydrogen-bond donors (Lipinski definition) is 1. The van der Waals surface area contributed by atoms with Gasteiger partial charge >= 0.3 is 0 Å². The van der Waals surface area contributed by atoms with Crippen LogP contribution in [-0.2, 0) is 11.3 Å². The van der Waals surface area contributed by atoms with Crippen molar-refractivity contribution in [2.24, 2.45) is 0 Å². The first-order chi connectivity index (χ1) is 12.5. The molecule has 3 rings (SSSR count). The highest BCUT2D eigenvalue weighted by Gasteiger charge is 2.14.